The molecule has 4 N–H and O–H groups in total. The Labute approximate surface area is 130 Å². The highest BCUT2D eigenvalue weighted by Crippen LogP contribution is 2.39. The van der Waals surface area contributed by atoms with E-state index in [-0.39, 0.29) is 36.9 Å². The average molecular weight is 308 g/mol. The molecular formula is C15H24N4O3. The molecule has 22 heavy (non-hydrogen) atoms. The van der Waals surface area contributed by atoms with Crippen LogP contribution in [0.2, 0.25) is 0 Å². The largest absolute Gasteiger partial charge is 0.351 e. The van der Waals surface area contributed by atoms with Crippen molar-refractivity contribution in [3.8, 4) is 0 Å². The van der Waals surface area contributed by atoms with Crippen molar-refractivity contribution in [3.63, 3.8) is 0 Å². The summed E-state index contributed by atoms with van der Waals surface area (Å²) in [5.74, 6) is 0.505. The van der Waals surface area contributed by atoms with Crippen LogP contribution in [0.3, 0.4) is 0 Å². The number of hydrogen-bond donors (Lipinski definition) is 3. The molecule has 4 amide bonds. The summed E-state index contributed by atoms with van der Waals surface area (Å²) in [4.78, 5) is 36.4. The normalized spacial score (nSPS) is 35.0. The van der Waals surface area contributed by atoms with Gasteiger partial charge in [-0.25, -0.2) is 4.79 Å². The lowest BCUT2D eigenvalue weighted by atomic mass is 9.67. The number of amides is 4. The summed E-state index contributed by atoms with van der Waals surface area (Å²) in [6.45, 7) is 0.321. The minimum atomic E-state index is -0.475. The van der Waals surface area contributed by atoms with Crippen molar-refractivity contribution in [2.45, 2.75) is 50.6 Å². The first-order valence-electron chi connectivity index (χ1n) is 8.16. The number of hydrogen-bond acceptors (Lipinski definition) is 4. The van der Waals surface area contributed by atoms with Crippen LogP contribution in [-0.4, -0.2) is 47.9 Å². The fraction of sp³-hybridized carbons (Fsp3) is 0.800. The third-order valence-electron chi connectivity index (χ3n) is 5.18. The van der Waals surface area contributed by atoms with Gasteiger partial charge in [-0.15, -0.1) is 0 Å². The summed E-state index contributed by atoms with van der Waals surface area (Å²) < 4.78 is 0. The number of rotatable bonds is 3. The van der Waals surface area contributed by atoms with Crippen molar-refractivity contribution >= 4 is 17.8 Å². The molecule has 1 heterocycles. The highest BCUT2D eigenvalue weighted by molar-refractivity contribution is 5.98. The van der Waals surface area contributed by atoms with E-state index in [1.165, 1.54) is 11.3 Å². The van der Waals surface area contributed by atoms with E-state index in [1.54, 1.807) is 0 Å². The number of nitrogens with zero attached hydrogens (tertiary/aromatic N) is 1. The molecule has 2 unspecified atom stereocenters. The van der Waals surface area contributed by atoms with Gasteiger partial charge in [-0.1, -0.05) is 6.42 Å². The molecule has 3 rings (SSSR count). The Hall–Kier alpha value is -1.63. The van der Waals surface area contributed by atoms with Gasteiger partial charge in [-0.3, -0.25) is 14.9 Å². The standard InChI is InChI=1S/C15H24N4O3/c16-11-6-9-2-1-3-10(7-11)14(9)17-13(21)8-19-5-4-12(20)18-15(19)22/h9-11,14H,1-8,16H2,(H,17,21)(H,18,20,22). The fourth-order valence-corrected chi connectivity index (χ4v) is 4.18. The van der Waals surface area contributed by atoms with Crippen LogP contribution in [0.1, 0.15) is 38.5 Å². The van der Waals surface area contributed by atoms with Crippen LogP contribution in [-0.2, 0) is 9.59 Å². The molecule has 0 aromatic rings. The number of carbonyl (C=O) groups is 3. The molecule has 1 aliphatic heterocycles. The van der Waals surface area contributed by atoms with Crippen LogP contribution in [0.4, 0.5) is 4.79 Å². The van der Waals surface area contributed by atoms with E-state index < -0.39 is 6.03 Å². The van der Waals surface area contributed by atoms with E-state index in [4.69, 9.17) is 5.73 Å². The predicted octanol–water partition coefficient (Wildman–Crippen LogP) is -0.0495. The molecule has 7 nitrogen and oxygen atoms in total. The monoisotopic (exact) mass is 308 g/mol. The maximum Gasteiger partial charge on any atom is 0.324 e. The highest BCUT2D eigenvalue weighted by atomic mass is 16.2. The van der Waals surface area contributed by atoms with Crippen molar-refractivity contribution in [1.29, 1.82) is 0 Å². The summed E-state index contributed by atoms with van der Waals surface area (Å²) in [5, 5.41) is 5.36. The van der Waals surface area contributed by atoms with Gasteiger partial charge in [0.2, 0.25) is 11.8 Å². The first-order valence-corrected chi connectivity index (χ1v) is 8.16. The Morgan fingerprint density at radius 1 is 1.27 bits per heavy atom. The summed E-state index contributed by atoms with van der Waals surface area (Å²) >= 11 is 0. The molecule has 2 bridgehead atoms. The van der Waals surface area contributed by atoms with Crippen molar-refractivity contribution in [1.82, 2.24) is 15.5 Å². The van der Waals surface area contributed by atoms with Gasteiger partial charge in [-0.05, 0) is 37.5 Å². The fourth-order valence-electron chi connectivity index (χ4n) is 4.18. The number of urea groups is 1. The molecule has 0 aromatic carbocycles. The van der Waals surface area contributed by atoms with Gasteiger partial charge < -0.3 is 16.0 Å². The second-order valence-electron chi connectivity index (χ2n) is 6.80. The maximum absolute atomic E-state index is 12.3. The zero-order valence-electron chi connectivity index (χ0n) is 12.7. The number of nitrogens with two attached hydrogens (primary N) is 1. The molecule has 3 aliphatic rings. The SMILES string of the molecule is NC1CC2CCCC(C1)C2NC(=O)CN1CCC(=O)NC1=O. The Bertz CT molecular complexity index is 467. The Kier molecular flexibility index (Phi) is 4.33. The molecule has 7 heteroatoms. The smallest absolute Gasteiger partial charge is 0.324 e. The number of imide groups is 1. The van der Waals surface area contributed by atoms with Gasteiger partial charge in [0.05, 0.1) is 0 Å². The third kappa shape index (κ3) is 3.24. The van der Waals surface area contributed by atoms with Crippen molar-refractivity contribution in [2.24, 2.45) is 17.6 Å². The van der Waals surface area contributed by atoms with Crippen LogP contribution in [0.15, 0.2) is 0 Å². The lowest BCUT2D eigenvalue weighted by Gasteiger charge is -2.45. The van der Waals surface area contributed by atoms with E-state index in [9.17, 15) is 14.4 Å². The molecular weight excluding hydrogens is 284 g/mol. The Balaban J connectivity index is 1.55. The van der Waals surface area contributed by atoms with Gasteiger partial charge in [0.15, 0.2) is 0 Å². The second-order valence-corrected chi connectivity index (χ2v) is 6.80. The van der Waals surface area contributed by atoms with Crippen molar-refractivity contribution < 1.29 is 14.4 Å². The van der Waals surface area contributed by atoms with Crippen LogP contribution < -0.4 is 16.4 Å². The lowest BCUT2D eigenvalue weighted by Crippen LogP contribution is -2.57. The molecule has 0 spiro atoms. The topological polar surface area (TPSA) is 105 Å². The Morgan fingerprint density at radius 3 is 2.59 bits per heavy atom. The third-order valence-corrected chi connectivity index (χ3v) is 5.18. The first kappa shape index (κ1) is 15.3. The molecule has 122 valence electrons. The average Bonchev–Trinajstić information content (AvgIpc) is 2.43. The maximum atomic E-state index is 12.3. The zero-order valence-corrected chi connectivity index (χ0v) is 12.7. The molecule has 0 aromatic heterocycles. The van der Waals surface area contributed by atoms with Crippen LogP contribution >= 0.6 is 0 Å². The van der Waals surface area contributed by atoms with Crippen LogP contribution in [0.5, 0.6) is 0 Å². The molecule has 2 atom stereocenters. The second kappa shape index (κ2) is 6.24. The first-order chi connectivity index (χ1) is 10.5. The Morgan fingerprint density at radius 2 is 1.95 bits per heavy atom. The zero-order chi connectivity index (χ0) is 15.7. The van der Waals surface area contributed by atoms with Crippen molar-refractivity contribution in [2.75, 3.05) is 13.1 Å². The predicted molar refractivity (Wildman–Crippen MR) is 79.7 cm³/mol. The van der Waals surface area contributed by atoms with E-state index in [2.05, 4.69) is 10.6 Å². The van der Waals surface area contributed by atoms with Crippen LogP contribution in [0, 0.1) is 11.8 Å². The van der Waals surface area contributed by atoms with Gasteiger partial charge in [0.1, 0.15) is 6.54 Å². The van der Waals surface area contributed by atoms with E-state index in [0.717, 1.165) is 25.7 Å². The number of carbonyl (C=O) groups excluding carboxylic acids is 3. The van der Waals surface area contributed by atoms with Gasteiger partial charge in [0, 0.05) is 25.0 Å². The van der Waals surface area contributed by atoms with Gasteiger partial charge in [0.25, 0.3) is 0 Å². The quantitative estimate of drug-likeness (QED) is 0.680. The lowest BCUT2D eigenvalue weighted by molar-refractivity contribution is -0.126. The summed E-state index contributed by atoms with van der Waals surface area (Å²) in [7, 11) is 0. The number of nitrogens with one attached hydrogen (secondary N) is 2. The molecule has 3 fully saturated rings. The van der Waals surface area contributed by atoms with E-state index in [0.29, 0.717) is 18.4 Å². The number of fused-ring (bicyclic) bond motifs is 2. The van der Waals surface area contributed by atoms with Gasteiger partial charge in [-0.2, -0.15) is 0 Å². The summed E-state index contributed by atoms with van der Waals surface area (Å²) in [5.41, 5.74) is 6.09. The molecule has 2 saturated carbocycles. The van der Waals surface area contributed by atoms with Crippen LogP contribution in [0.25, 0.3) is 0 Å². The minimum Gasteiger partial charge on any atom is -0.351 e. The summed E-state index contributed by atoms with van der Waals surface area (Å²) in [6.07, 6.45) is 5.65. The molecule has 1 saturated heterocycles. The highest BCUT2D eigenvalue weighted by Gasteiger charge is 2.40. The van der Waals surface area contributed by atoms with E-state index in [1.807, 2.05) is 0 Å². The van der Waals surface area contributed by atoms with Crippen molar-refractivity contribution in [3.05, 3.63) is 0 Å². The van der Waals surface area contributed by atoms with E-state index >= 15 is 0 Å². The van der Waals surface area contributed by atoms with Gasteiger partial charge >= 0.3 is 6.03 Å². The molecule has 0 radical (unpaired) electrons. The minimum absolute atomic E-state index is 0.0150. The summed E-state index contributed by atoms with van der Waals surface area (Å²) in [6, 6.07) is -0.0323. The molecule has 2 aliphatic carbocycles.